The van der Waals surface area contributed by atoms with Crippen molar-refractivity contribution >= 4 is 0 Å². The van der Waals surface area contributed by atoms with E-state index < -0.39 is 0 Å². The lowest BCUT2D eigenvalue weighted by molar-refractivity contribution is 0.366. The first kappa shape index (κ1) is 9.30. The van der Waals surface area contributed by atoms with E-state index in [0.717, 1.165) is 18.7 Å². The third kappa shape index (κ3) is 1.54. The molecule has 0 unspecified atom stereocenters. The van der Waals surface area contributed by atoms with Crippen molar-refractivity contribution in [2.75, 3.05) is 20.2 Å². The number of benzene rings is 1. The lowest BCUT2D eigenvalue weighted by atomic mass is 10.1. The largest absolute Gasteiger partial charge is 0.504 e. The van der Waals surface area contributed by atoms with Crippen LogP contribution in [0.1, 0.15) is 11.7 Å². The topological polar surface area (TPSA) is 53.5 Å². The highest BCUT2D eigenvalue weighted by atomic mass is 16.5. The molecule has 0 atom stereocenters. The molecular formula is C10H14N2O2. The van der Waals surface area contributed by atoms with E-state index in [2.05, 4.69) is 10.6 Å². The van der Waals surface area contributed by atoms with E-state index in [9.17, 15) is 5.11 Å². The molecule has 4 nitrogen and oxygen atoms in total. The highest BCUT2D eigenvalue weighted by Crippen LogP contribution is 2.32. The van der Waals surface area contributed by atoms with Gasteiger partial charge in [-0.05, 0) is 6.07 Å². The summed E-state index contributed by atoms with van der Waals surface area (Å²) in [6.07, 6.45) is 0.0325. The molecule has 0 spiro atoms. The van der Waals surface area contributed by atoms with Crippen LogP contribution in [0, 0.1) is 0 Å². The number of hydrogen-bond donors (Lipinski definition) is 3. The molecule has 14 heavy (non-hydrogen) atoms. The summed E-state index contributed by atoms with van der Waals surface area (Å²) in [6.45, 7) is 1.84. The van der Waals surface area contributed by atoms with E-state index >= 15 is 0 Å². The molecule has 1 aliphatic rings. The van der Waals surface area contributed by atoms with Crippen molar-refractivity contribution < 1.29 is 9.84 Å². The van der Waals surface area contributed by atoms with E-state index in [4.69, 9.17) is 4.74 Å². The van der Waals surface area contributed by atoms with Crippen LogP contribution in [0.4, 0.5) is 0 Å². The van der Waals surface area contributed by atoms with Crippen molar-refractivity contribution in [3.63, 3.8) is 0 Å². The number of para-hydroxylation sites is 1. The lowest BCUT2D eigenvalue weighted by Gasteiger charge is -2.14. The predicted octanol–water partition coefficient (Wildman–Crippen LogP) is 0.592. The average Bonchev–Trinajstić information content (AvgIpc) is 2.71. The van der Waals surface area contributed by atoms with Crippen LogP contribution in [0.2, 0.25) is 0 Å². The summed E-state index contributed by atoms with van der Waals surface area (Å²) in [6, 6.07) is 5.50. The first-order valence-electron chi connectivity index (χ1n) is 4.65. The van der Waals surface area contributed by atoms with Gasteiger partial charge in [-0.25, -0.2) is 0 Å². The number of hydrogen-bond acceptors (Lipinski definition) is 4. The Hall–Kier alpha value is -1.26. The number of aromatic hydroxyl groups is 1. The van der Waals surface area contributed by atoms with Crippen LogP contribution in [0.5, 0.6) is 11.5 Å². The Morgan fingerprint density at radius 2 is 2.07 bits per heavy atom. The van der Waals surface area contributed by atoms with Crippen molar-refractivity contribution in [1.82, 2.24) is 10.6 Å². The number of rotatable bonds is 2. The SMILES string of the molecule is COc1cccc(C2NCCN2)c1O. The Morgan fingerprint density at radius 3 is 2.71 bits per heavy atom. The van der Waals surface area contributed by atoms with E-state index in [1.165, 1.54) is 0 Å². The quantitative estimate of drug-likeness (QED) is 0.645. The van der Waals surface area contributed by atoms with Gasteiger partial charge in [0.2, 0.25) is 0 Å². The van der Waals surface area contributed by atoms with Gasteiger partial charge in [0, 0.05) is 18.7 Å². The Balaban J connectivity index is 2.32. The van der Waals surface area contributed by atoms with Crippen LogP contribution in [0.15, 0.2) is 18.2 Å². The minimum Gasteiger partial charge on any atom is -0.504 e. The molecule has 1 aromatic carbocycles. The van der Waals surface area contributed by atoms with Crippen LogP contribution >= 0.6 is 0 Å². The van der Waals surface area contributed by atoms with Crippen molar-refractivity contribution in [3.8, 4) is 11.5 Å². The highest BCUT2D eigenvalue weighted by molar-refractivity contribution is 5.46. The molecule has 1 aliphatic heterocycles. The molecular weight excluding hydrogens is 180 g/mol. The zero-order valence-corrected chi connectivity index (χ0v) is 8.08. The molecule has 0 aliphatic carbocycles. The van der Waals surface area contributed by atoms with Crippen LogP contribution in [-0.2, 0) is 0 Å². The zero-order chi connectivity index (χ0) is 9.97. The van der Waals surface area contributed by atoms with E-state index in [-0.39, 0.29) is 11.9 Å². The smallest absolute Gasteiger partial charge is 0.163 e. The monoisotopic (exact) mass is 194 g/mol. The van der Waals surface area contributed by atoms with Crippen LogP contribution in [0.3, 0.4) is 0 Å². The summed E-state index contributed by atoms with van der Waals surface area (Å²) in [4.78, 5) is 0. The average molecular weight is 194 g/mol. The van der Waals surface area contributed by atoms with E-state index in [1.54, 1.807) is 13.2 Å². The van der Waals surface area contributed by atoms with Crippen LogP contribution in [0.25, 0.3) is 0 Å². The van der Waals surface area contributed by atoms with Gasteiger partial charge in [-0.3, -0.25) is 10.6 Å². The van der Waals surface area contributed by atoms with Gasteiger partial charge in [0.05, 0.1) is 13.3 Å². The first-order valence-corrected chi connectivity index (χ1v) is 4.65. The fourth-order valence-electron chi connectivity index (χ4n) is 1.66. The minimum absolute atomic E-state index is 0.0325. The second kappa shape index (κ2) is 3.86. The Kier molecular flexibility index (Phi) is 2.56. The molecule has 0 saturated carbocycles. The zero-order valence-electron chi connectivity index (χ0n) is 8.08. The fraction of sp³-hybridized carbons (Fsp3) is 0.400. The Bertz CT molecular complexity index is 322. The maximum Gasteiger partial charge on any atom is 0.163 e. The van der Waals surface area contributed by atoms with Gasteiger partial charge in [-0.2, -0.15) is 0 Å². The number of methoxy groups -OCH3 is 1. The van der Waals surface area contributed by atoms with Crippen molar-refractivity contribution in [3.05, 3.63) is 23.8 Å². The molecule has 0 bridgehead atoms. The summed E-state index contributed by atoms with van der Waals surface area (Å²) in [5.74, 6) is 0.722. The Labute approximate surface area is 82.9 Å². The summed E-state index contributed by atoms with van der Waals surface area (Å²) in [5, 5.41) is 16.3. The van der Waals surface area contributed by atoms with Crippen molar-refractivity contribution in [2.24, 2.45) is 0 Å². The lowest BCUT2D eigenvalue weighted by Crippen LogP contribution is -2.21. The van der Waals surface area contributed by atoms with Crippen molar-refractivity contribution in [1.29, 1.82) is 0 Å². The molecule has 3 N–H and O–H groups in total. The predicted molar refractivity (Wildman–Crippen MR) is 53.4 cm³/mol. The maximum atomic E-state index is 9.84. The molecule has 1 saturated heterocycles. The molecule has 0 radical (unpaired) electrons. The molecule has 1 fully saturated rings. The van der Waals surface area contributed by atoms with E-state index in [1.807, 2.05) is 12.1 Å². The first-order chi connectivity index (χ1) is 6.83. The summed E-state index contributed by atoms with van der Waals surface area (Å²) in [5.41, 5.74) is 0.835. The molecule has 0 amide bonds. The number of ether oxygens (including phenoxy) is 1. The van der Waals surface area contributed by atoms with Crippen molar-refractivity contribution in [2.45, 2.75) is 6.17 Å². The third-order valence-electron chi connectivity index (χ3n) is 2.38. The number of phenolic OH excluding ortho intramolecular Hbond substituents is 1. The van der Waals surface area contributed by atoms with Gasteiger partial charge in [0.15, 0.2) is 11.5 Å². The normalized spacial score (nSPS) is 17.2. The van der Waals surface area contributed by atoms with Gasteiger partial charge in [-0.1, -0.05) is 12.1 Å². The molecule has 1 heterocycles. The van der Waals surface area contributed by atoms with Crippen LogP contribution < -0.4 is 15.4 Å². The molecule has 2 rings (SSSR count). The standard InChI is InChI=1S/C10H14N2O2/c1-14-8-4-2-3-7(9(8)13)10-11-5-6-12-10/h2-4,10-13H,5-6H2,1H3. The van der Waals surface area contributed by atoms with Gasteiger partial charge < -0.3 is 9.84 Å². The second-order valence-corrected chi connectivity index (χ2v) is 3.24. The minimum atomic E-state index is 0.0325. The number of nitrogens with one attached hydrogen (secondary N) is 2. The summed E-state index contributed by atoms with van der Waals surface area (Å²) < 4.78 is 5.04. The molecule has 0 aromatic heterocycles. The van der Waals surface area contributed by atoms with Gasteiger partial charge in [0.1, 0.15) is 0 Å². The second-order valence-electron chi connectivity index (χ2n) is 3.24. The van der Waals surface area contributed by atoms with Crippen LogP contribution in [-0.4, -0.2) is 25.3 Å². The van der Waals surface area contributed by atoms with Gasteiger partial charge in [-0.15, -0.1) is 0 Å². The molecule has 4 heteroatoms. The van der Waals surface area contributed by atoms with Gasteiger partial charge >= 0.3 is 0 Å². The van der Waals surface area contributed by atoms with Gasteiger partial charge in [0.25, 0.3) is 0 Å². The maximum absolute atomic E-state index is 9.84. The molecule has 1 aromatic rings. The molecule has 76 valence electrons. The summed E-state index contributed by atoms with van der Waals surface area (Å²) in [7, 11) is 1.55. The fourth-order valence-corrected chi connectivity index (χ4v) is 1.66. The Morgan fingerprint density at radius 1 is 1.36 bits per heavy atom. The number of phenols is 1. The summed E-state index contributed by atoms with van der Waals surface area (Å²) >= 11 is 0. The third-order valence-corrected chi connectivity index (χ3v) is 2.38. The van der Waals surface area contributed by atoms with E-state index in [0.29, 0.717) is 5.75 Å². The highest BCUT2D eigenvalue weighted by Gasteiger charge is 2.19.